The molecule has 2 atom stereocenters. The monoisotopic (exact) mass is 336 g/mol. The highest BCUT2D eigenvalue weighted by molar-refractivity contribution is 6.34. The Bertz CT molecular complexity index is 616. The van der Waals surface area contributed by atoms with Gasteiger partial charge in [-0.25, -0.2) is 0 Å². The molecule has 0 aliphatic heterocycles. The van der Waals surface area contributed by atoms with Crippen LogP contribution in [-0.4, -0.2) is 24.0 Å². The zero-order valence-corrected chi connectivity index (χ0v) is 13.6. The molecule has 5 nitrogen and oxygen atoms in total. The number of carbonyl (C=O) groups is 2. The van der Waals surface area contributed by atoms with Gasteiger partial charge in [-0.3, -0.25) is 9.59 Å². The van der Waals surface area contributed by atoms with E-state index in [0.717, 1.165) is 32.1 Å². The van der Waals surface area contributed by atoms with Crippen molar-refractivity contribution >= 4 is 23.4 Å². The fraction of sp³-hybridized carbons (Fsp3) is 0.529. The van der Waals surface area contributed by atoms with Crippen LogP contribution >= 0.6 is 11.6 Å². The van der Waals surface area contributed by atoms with Crippen molar-refractivity contribution in [2.45, 2.75) is 50.7 Å². The van der Waals surface area contributed by atoms with Crippen LogP contribution in [0.5, 0.6) is 5.75 Å². The number of nitrogens with one attached hydrogen (secondary N) is 1. The van der Waals surface area contributed by atoms with Crippen molar-refractivity contribution in [3.63, 3.8) is 0 Å². The Balaban J connectivity index is 1.65. The number of halogens is 1. The number of ether oxygens (including phenoxy) is 1. The Morgan fingerprint density at radius 1 is 1.17 bits per heavy atom. The van der Waals surface area contributed by atoms with Crippen LogP contribution in [0.25, 0.3) is 0 Å². The maximum Gasteiger partial charge on any atom is 0.253 e. The van der Waals surface area contributed by atoms with Crippen molar-refractivity contribution < 1.29 is 14.3 Å². The van der Waals surface area contributed by atoms with E-state index in [2.05, 4.69) is 5.32 Å². The minimum atomic E-state index is -0.358. The number of nitrogens with two attached hydrogens (primary N) is 1. The minimum absolute atomic E-state index is 0.207. The normalized spacial score (nSPS) is 24.0. The van der Waals surface area contributed by atoms with E-state index in [0.29, 0.717) is 16.3 Å². The molecule has 23 heavy (non-hydrogen) atoms. The second-order valence-electron chi connectivity index (χ2n) is 6.33. The van der Waals surface area contributed by atoms with E-state index < -0.39 is 0 Å². The van der Waals surface area contributed by atoms with Crippen molar-refractivity contribution in [3.05, 3.63) is 28.8 Å². The molecule has 3 N–H and O–H groups in total. The summed E-state index contributed by atoms with van der Waals surface area (Å²) in [6.45, 7) is 0. The molecular formula is C17H21ClN2O3. The van der Waals surface area contributed by atoms with Gasteiger partial charge in [0.2, 0.25) is 5.91 Å². The fourth-order valence-corrected chi connectivity index (χ4v) is 3.41. The smallest absolute Gasteiger partial charge is 0.253 e. The average molecular weight is 337 g/mol. The van der Waals surface area contributed by atoms with E-state index in [1.54, 1.807) is 18.2 Å². The lowest BCUT2D eigenvalue weighted by atomic mass is 9.96. The van der Waals surface area contributed by atoms with Crippen LogP contribution in [0.15, 0.2) is 18.2 Å². The van der Waals surface area contributed by atoms with Gasteiger partial charge < -0.3 is 15.8 Å². The van der Waals surface area contributed by atoms with Gasteiger partial charge in [-0.1, -0.05) is 18.0 Å². The number of carbonyl (C=O) groups excluding carboxylic acids is 2. The number of hydrogen-bond donors (Lipinski definition) is 2. The Morgan fingerprint density at radius 2 is 1.91 bits per heavy atom. The molecule has 0 saturated heterocycles. The molecule has 6 heteroatoms. The fourth-order valence-electron chi connectivity index (χ4n) is 3.15. The zero-order chi connectivity index (χ0) is 16.4. The molecule has 0 unspecified atom stereocenters. The van der Waals surface area contributed by atoms with Crippen LogP contribution in [0.1, 0.15) is 48.9 Å². The topological polar surface area (TPSA) is 81.4 Å². The average Bonchev–Trinajstić information content (AvgIpc) is 2.91. The summed E-state index contributed by atoms with van der Waals surface area (Å²) in [5.41, 5.74) is 5.78. The molecule has 1 aromatic rings. The molecule has 1 aromatic carbocycles. The second-order valence-corrected chi connectivity index (χ2v) is 6.74. The summed E-state index contributed by atoms with van der Waals surface area (Å²) in [5.74, 6) is -0.238. The van der Waals surface area contributed by atoms with E-state index in [9.17, 15) is 9.59 Å². The molecular weight excluding hydrogens is 316 g/mol. The van der Waals surface area contributed by atoms with Gasteiger partial charge in [0.25, 0.3) is 5.91 Å². The molecule has 2 aliphatic carbocycles. The first kappa shape index (κ1) is 16.1. The molecule has 124 valence electrons. The molecule has 0 radical (unpaired) electrons. The molecule has 2 fully saturated rings. The van der Waals surface area contributed by atoms with Gasteiger partial charge in [-0.05, 0) is 50.3 Å². The van der Waals surface area contributed by atoms with Crippen molar-refractivity contribution in [2.75, 3.05) is 0 Å². The third-order valence-electron chi connectivity index (χ3n) is 4.74. The van der Waals surface area contributed by atoms with E-state index in [-0.39, 0.29) is 29.9 Å². The SMILES string of the molecule is NC(=O)[C@@H]1CCC[C@H]1NC(=O)c1ccc(OC2CCC2)cc1Cl. The van der Waals surface area contributed by atoms with Gasteiger partial charge in [0, 0.05) is 6.04 Å². The first-order chi connectivity index (χ1) is 11.0. The summed E-state index contributed by atoms with van der Waals surface area (Å²) in [6, 6.07) is 4.90. The molecule has 2 aliphatic rings. The van der Waals surface area contributed by atoms with Gasteiger partial charge in [0.15, 0.2) is 0 Å². The Hall–Kier alpha value is -1.75. The predicted octanol–water partition coefficient (Wildman–Crippen LogP) is 2.66. The maximum absolute atomic E-state index is 12.4. The van der Waals surface area contributed by atoms with E-state index in [1.807, 2.05) is 0 Å². The number of amides is 2. The van der Waals surface area contributed by atoms with Crippen molar-refractivity contribution in [1.29, 1.82) is 0 Å². The van der Waals surface area contributed by atoms with Crippen LogP contribution < -0.4 is 15.8 Å². The van der Waals surface area contributed by atoms with E-state index in [1.165, 1.54) is 6.42 Å². The Morgan fingerprint density at radius 3 is 2.52 bits per heavy atom. The third-order valence-corrected chi connectivity index (χ3v) is 5.05. The number of rotatable bonds is 5. The summed E-state index contributed by atoms with van der Waals surface area (Å²) in [4.78, 5) is 23.8. The van der Waals surface area contributed by atoms with Crippen LogP contribution in [-0.2, 0) is 4.79 Å². The van der Waals surface area contributed by atoms with Gasteiger partial charge >= 0.3 is 0 Å². The van der Waals surface area contributed by atoms with Crippen LogP contribution in [0.3, 0.4) is 0 Å². The summed E-state index contributed by atoms with van der Waals surface area (Å²) in [6.07, 6.45) is 5.97. The van der Waals surface area contributed by atoms with Crippen LogP contribution in [0.2, 0.25) is 5.02 Å². The molecule has 0 bridgehead atoms. The van der Waals surface area contributed by atoms with Gasteiger partial charge in [0.05, 0.1) is 22.6 Å². The van der Waals surface area contributed by atoms with Crippen molar-refractivity contribution in [1.82, 2.24) is 5.32 Å². The van der Waals surface area contributed by atoms with Crippen LogP contribution in [0.4, 0.5) is 0 Å². The third kappa shape index (κ3) is 3.61. The first-order valence-electron chi connectivity index (χ1n) is 8.11. The predicted molar refractivity (Wildman–Crippen MR) is 87.5 cm³/mol. The summed E-state index contributed by atoms with van der Waals surface area (Å²) < 4.78 is 5.77. The standard InChI is InChI=1S/C17H21ClN2O3/c18-14-9-11(23-10-3-1-4-10)7-8-12(14)17(22)20-15-6-2-5-13(15)16(19)21/h7-10,13,15H,1-6H2,(H2,19,21)(H,20,22)/t13-,15-/m1/s1. The highest BCUT2D eigenvalue weighted by Gasteiger charge is 2.33. The number of primary amides is 1. The molecule has 0 spiro atoms. The lowest BCUT2D eigenvalue weighted by Gasteiger charge is -2.26. The summed E-state index contributed by atoms with van der Waals surface area (Å²) in [5, 5.41) is 3.24. The quantitative estimate of drug-likeness (QED) is 0.867. The van der Waals surface area contributed by atoms with Gasteiger partial charge in [-0.2, -0.15) is 0 Å². The first-order valence-corrected chi connectivity index (χ1v) is 8.49. The lowest BCUT2D eigenvalue weighted by molar-refractivity contribution is -0.122. The number of hydrogen-bond acceptors (Lipinski definition) is 3. The van der Waals surface area contributed by atoms with E-state index >= 15 is 0 Å². The largest absolute Gasteiger partial charge is 0.490 e. The maximum atomic E-state index is 12.4. The highest BCUT2D eigenvalue weighted by atomic mass is 35.5. The van der Waals surface area contributed by atoms with Crippen molar-refractivity contribution in [2.24, 2.45) is 11.7 Å². The molecule has 3 rings (SSSR count). The lowest BCUT2D eigenvalue weighted by Crippen LogP contribution is -2.42. The highest BCUT2D eigenvalue weighted by Crippen LogP contribution is 2.29. The van der Waals surface area contributed by atoms with Crippen molar-refractivity contribution in [3.8, 4) is 5.75 Å². The summed E-state index contributed by atoms with van der Waals surface area (Å²) >= 11 is 6.22. The molecule has 0 heterocycles. The minimum Gasteiger partial charge on any atom is -0.490 e. The molecule has 2 amide bonds. The van der Waals surface area contributed by atoms with Gasteiger partial charge in [-0.15, -0.1) is 0 Å². The van der Waals surface area contributed by atoms with Crippen LogP contribution in [0, 0.1) is 5.92 Å². The van der Waals surface area contributed by atoms with E-state index in [4.69, 9.17) is 22.1 Å². The van der Waals surface area contributed by atoms with Gasteiger partial charge in [0.1, 0.15) is 5.75 Å². The Kier molecular flexibility index (Phi) is 4.76. The Labute approximate surface area is 140 Å². The molecule has 0 aromatic heterocycles. The zero-order valence-electron chi connectivity index (χ0n) is 12.9. The number of benzene rings is 1. The second kappa shape index (κ2) is 6.79. The molecule has 2 saturated carbocycles. The summed E-state index contributed by atoms with van der Waals surface area (Å²) in [7, 11) is 0.